The van der Waals surface area contributed by atoms with E-state index >= 15 is 0 Å². The first kappa shape index (κ1) is 20.1. The van der Waals surface area contributed by atoms with Crippen LogP contribution in [0, 0.1) is 0 Å². The molecule has 6 nitrogen and oxygen atoms in total. The fourth-order valence-corrected chi connectivity index (χ4v) is 4.95. The Hall–Kier alpha value is -2.22. The van der Waals surface area contributed by atoms with Gasteiger partial charge in [-0.05, 0) is 61.8 Å². The second-order valence-electron chi connectivity index (χ2n) is 7.53. The summed E-state index contributed by atoms with van der Waals surface area (Å²) < 4.78 is 17.7. The first-order valence-electron chi connectivity index (χ1n) is 10.1. The van der Waals surface area contributed by atoms with Crippen LogP contribution in [-0.4, -0.2) is 50.6 Å². The SMILES string of the molecule is [O-][S+](Cc1ccco1)C1=CCN1C/C(O)=C/Cc1cc(CN2CCCC2)ccn1. The molecule has 1 unspecified atom stereocenters. The standard InChI is InChI=1S/C22H27N3O3S/c26-20(16-25-12-8-22(25)29(27)17-21-4-3-13-28-21)6-5-19-14-18(7-9-23-19)15-24-10-1-2-11-24/h3-4,6-9,13-14,26H,1-2,5,10-12,15-17H2/b20-6-. The molecule has 0 spiro atoms. The molecule has 4 heterocycles. The first-order valence-corrected chi connectivity index (χ1v) is 11.4. The van der Waals surface area contributed by atoms with E-state index in [4.69, 9.17) is 4.42 Å². The van der Waals surface area contributed by atoms with Crippen molar-refractivity contribution in [2.45, 2.75) is 31.6 Å². The number of aliphatic hydroxyl groups excluding tert-OH is 1. The Morgan fingerprint density at radius 2 is 2.17 bits per heavy atom. The molecule has 1 saturated heterocycles. The van der Waals surface area contributed by atoms with Crippen LogP contribution in [0.1, 0.15) is 29.9 Å². The minimum Gasteiger partial charge on any atom is -0.610 e. The zero-order chi connectivity index (χ0) is 20.1. The monoisotopic (exact) mass is 413 g/mol. The average molecular weight is 414 g/mol. The predicted molar refractivity (Wildman–Crippen MR) is 113 cm³/mol. The van der Waals surface area contributed by atoms with Crippen molar-refractivity contribution < 1.29 is 14.1 Å². The summed E-state index contributed by atoms with van der Waals surface area (Å²) in [5.41, 5.74) is 2.22. The molecule has 2 aliphatic heterocycles. The molecule has 2 aliphatic rings. The lowest BCUT2D eigenvalue weighted by atomic mass is 10.1. The van der Waals surface area contributed by atoms with Gasteiger partial charge in [0.1, 0.15) is 5.76 Å². The molecule has 2 aromatic heterocycles. The summed E-state index contributed by atoms with van der Waals surface area (Å²) in [5.74, 6) is 1.33. The summed E-state index contributed by atoms with van der Waals surface area (Å²) in [5, 5.41) is 11.1. The third-order valence-electron chi connectivity index (χ3n) is 5.27. The normalized spacial score (nSPS) is 18.6. The van der Waals surface area contributed by atoms with Crippen molar-refractivity contribution in [3.8, 4) is 0 Å². The number of hydrogen-bond acceptors (Lipinski definition) is 6. The van der Waals surface area contributed by atoms with Gasteiger partial charge in [-0.25, -0.2) is 0 Å². The zero-order valence-electron chi connectivity index (χ0n) is 16.5. The highest BCUT2D eigenvalue weighted by molar-refractivity contribution is 7.94. The predicted octanol–water partition coefficient (Wildman–Crippen LogP) is 3.36. The van der Waals surface area contributed by atoms with Gasteiger partial charge in [0.25, 0.3) is 0 Å². The average Bonchev–Trinajstić information content (AvgIpc) is 3.38. The number of nitrogens with zero attached hydrogens (tertiary/aromatic N) is 3. The Balaban J connectivity index is 1.27. The van der Waals surface area contributed by atoms with Crippen molar-refractivity contribution in [1.29, 1.82) is 0 Å². The highest BCUT2D eigenvalue weighted by atomic mass is 32.2. The second kappa shape index (κ2) is 9.52. The fraction of sp³-hybridized carbons (Fsp3) is 0.409. The summed E-state index contributed by atoms with van der Waals surface area (Å²) in [6, 6.07) is 7.80. The van der Waals surface area contributed by atoms with Gasteiger partial charge in [-0.1, -0.05) is 0 Å². The van der Waals surface area contributed by atoms with E-state index in [9.17, 15) is 9.66 Å². The van der Waals surface area contributed by atoms with Crippen LogP contribution in [0.3, 0.4) is 0 Å². The number of aromatic nitrogens is 1. The Bertz CT molecular complexity index is 860. The van der Waals surface area contributed by atoms with Gasteiger partial charge in [0.15, 0.2) is 11.5 Å². The quantitative estimate of drug-likeness (QED) is 0.502. The summed E-state index contributed by atoms with van der Waals surface area (Å²) in [7, 11) is 0. The van der Waals surface area contributed by atoms with Gasteiger partial charge in [-0.15, -0.1) is 0 Å². The molecule has 1 N–H and O–H groups in total. The summed E-state index contributed by atoms with van der Waals surface area (Å²) >= 11 is -1.16. The third kappa shape index (κ3) is 5.44. The van der Waals surface area contributed by atoms with Crippen molar-refractivity contribution in [3.63, 3.8) is 0 Å². The number of furan rings is 1. The molecule has 0 amide bonds. The lowest BCUT2D eigenvalue weighted by Crippen LogP contribution is -2.37. The third-order valence-corrected chi connectivity index (χ3v) is 6.71. The summed E-state index contributed by atoms with van der Waals surface area (Å²) in [4.78, 5) is 8.82. The van der Waals surface area contributed by atoms with E-state index in [0.29, 0.717) is 31.0 Å². The van der Waals surface area contributed by atoms with Crippen molar-refractivity contribution in [2.24, 2.45) is 0 Å². The van der Waals surface area contributed by atoms with Crippen LogP contribution in [0.5, 0.6) is 0 Å². The van der Waals surface area contributed by atoms with Gasteiger partial charge >= 0.3 is 0 Å². The topological polar surface area (TPSA) is 75.8 Å². The Kier molecular flexibility index (Phi) is 6.59. The molecule has 1 atom stereocenters. The van der Waals surface area contributed by atoms with E-state index in [0.717, 1.165) is 17.3 Å². The van der Waals surface area contributed by atoms with Gasteiger partial charge in [0.05, 0.1) is 12.8 Å². The summed E-state index contributed by atoms with van der Waals surface area (Å²) in [6.45, 7) is 4.37. The molecule has 0 aromatic carbocycles. The lowest BCUT2D eigenvalue weighted by molar-refractivity contribution is 0.300. The molecule has 0 radical (unpaired) electrons. The molecular weight excluding hydrogens is 386 g/mol. The van der Waals surface area contributed by atoms with E-state index in [2.05, 4.69) is 22.0 Å². The maximum Gasteiger partial charge on any atom is 0.220 e. The zero-order valence-corrected chi connectivity index (χ0v) is 17.3. The highest BCUT2D eigenvalue weighted by Gasteiger charge is 2.29. The Morgan fingerprint density at radius 1 is 1.31 bits per heavy atom. The van der Waals surface area contributed by atoms with Gasteiger partial charge in [-0.2, -0.15) is 0 Å². The number of hydrogen-bond donors (Lipinski definition) is 1. The number of pyridine rings is 1. The number of likely N-dealkylation sites (tertiary alicyclic amines) is 1. The maximum absolute atomic E-state index is 12.5. The van der Waals surface area contributed by atoms with Crippen LogP contribution in [0.25, 0.3) is 0 Å². The molecular formula is C22H27N3O3S. The number of allylic oxidation sites excluding steroid dienone is 1. The van der Waals surface area contributed by atoms with Gasteiger partial charge in [0, 0.05) is 48.7 Å². The highest BCUT2D eigenvalue weighted by Crippen LogP contribution is 2.25. The first-order chi connectivity index (χ1) is 14.2. The minimum atomic E-state index is -1.16. The van der Waals surface area contributed by atoms with Gasteiger partial charge in [-0.3, -0.25) is 9.88 Å². The van der Waals surface area contributed by atoms with E-state index in [1.165, 1.54) is 31.5 Å². The molecule has 2 aromatic rings. The van der Waals surface area contributed by atoms with Crippen LogP contribution < -0.4 is 0 Å². The molecule has 0 saturated carbocycles. The minimum absolute atomic E-state index is 0.275. The maximum atomic E-state index is 12.5. The van der Waals surface area contributed by atoms with E-state index in [1.54, 1.807) is 18.4 Å². The largest absolute Gasteiger partial charge is 0.610 e. The summed E-state index contributed by atoms with van der Waals surface area (Å²) in [6.07, 6.45) is 10.3. The molecule has 29 heavy (non-hydrogen) atoms. The van der Waals surface area contributed by atoms with E-state index in [-0.39, 0.29) is 5.76 Å². The molecule has 0 bridgehead atoms. The van der Waals surface area contributed by atoms with Crippen molar-refractivity contribution in [2.75, 3.05) is 26.2 Å². The molecule has 154 valence electrons. The van der Waals surface area contributed by atoms with E-state index in [1.807, 2.05) is 23.2 Å². The van der Waals surface area contributed by atoms with Crippen LogP contribution in [0.15, 0.2) is 64.1 Å². The second-order valence-corrected chi connectivity index (χ2v) is 8.93. The van der Waals surface area contributed by atoms with Crippen LogP contribution in [0.2, 0.25) is 0 Å². The fourth-order valence-electron chi connectivity index (χ4n) is 3.69. The van der Waals surface area contributed by atoms with Crippen molar-refractivity contribution in [3.05, 3.63) is 76.7 Å². The van der Waals surface area contributed by atoms with Crippen molar-refractivity contribution in [1.82, 2.24) is 14.8 Å². The van der Waals surface area contributed by atoms with Crippen LogP contribution >= 0.6 is 0 Å². The molecule has 0 aliphatic carbocycles. The van der Waals surface area contributed by atoms with Crippen LogP contribution in [0.4, 0.5) is 0 Å². The van der Waals surface area contributed by atoms with Gasteiger partial charge < -0.3 is 19.0 Å². The van der Waals surface area contributed by atoms with Gasteiger partial charge in [0.2, 0.25) is 5.03 Å². The van der Waals surface area contributed by atoms with E-state index < -0.39 is 11.2 Å². The molecule has 4 rings (SSSR count). The smallest absolute Gasteiger partial charge is 0.220 e. The lowest BCUT2D eigenvalue weighted by Gasteiger charge is -2.32. The number of aliphatic hydroxyl groups is 1. The Labute approximate surface area is 174 Å². The molecule has 7 heteroatoms. The van der Waals surface area contributed by atoms with Crippen LogP contribution in [-0.2, 0) is 29.9 Å². The number of rotatable bonds is 9. The molecule has 1 fully saturated rings. The Morgan fingerprint density at radius 3 is 2.90 bits per heavy atom. The van der Waals surface area contributed by atoms with Crippen molar-refractivity contribution >= 4 is 11.2 Å².